The lowest BCUT2D eigenvalue weighted by molar-refractivity contribution is -0.142. The van der Waals surface area contributed by atoms with Crippen LogP contribution in [0.3, 0.4) is 0 Å². The first-order chi connectivity index (χ1) is 7.72. The molecular formula is C11H11BrN2O2. The van der Waals surface area contributed by atoms with Gasteiger partial charge in [-0.2, -0.15) is 0 Å². The lowest BCUT2D eigenvalue weighted by Gasteiger charge is -2.02. The Morgan fingerprint density at radius 2 is 2.44 bits per heavy atom. The molecule has 0 saturated carbocycles. The van der Waals surface area contributed by atoms with Gasteiger partial charge in [-0.25, -0.2) is 4.98 Å². The van der Waals surface area contributed by atoms with E-state index >= 15 is 0 Å². The SMILES string of the molecule is CCOC(=O)Cc1cnc2c(Br)cccn12. The van der Waals surface area contributed by atoms with Gasteiger partial charge in [0.05, 0.1) is 23.2 Å². The molecule has 0 aliphatic carbocycles. The van der Waals surface area contributed by atoms with Crippen LogP contribution in [-0.4, -0.2) is 22.0 Å². The highest BCUT2D eigenvalue weighted by Crippen LogP contribution is 2.17. The Kier molecular flexibility index (Phi) is 3.24. The third-order valence-corrected chi connectivity index (χ3v) is 2.81. The summed E-state index contributed by atoms with van der Waals surface area (Å²) >= 11 is 3.41. The average molecular weight is 283 g/mol. The molecule has 5 heteroatoms. The first-order valence-electron chi connectivity index (χ1n) is 4.98. The normalized spacial score (nSPS) is 10.6. The fourth-order valence-corrected chi connectivity index (χ4v) is 1.96. The van der Waals surface area contributed by atoms with E-state index in [-0.39, 0.29) is 12.4 Å². The number of carbonyl (C=O) groups is 1. The fourth-order valence-electron chi connectivity index (χ4n) is 1.52. The number of hydrogen-bond acceptors (Lipinski definition) is 3. The molecular weight excluding hydrogens is 272 g/mol. The molecule has 4 nitrogen and oxygen atoms in total. The van der Waals surface area contributed by atoms with Crippen molar-refractivity contribution in [3.8, 4) is 0 Å². The van der Waals surface area contributed by atoms with Crippen molar-refractivity contribution in [2.75, 3.05) is 6.61 Å². The Labute approximate surface area is 101 Å². The molecule has 0 fully saturated rings. The van der Waals surface area contributed by atoms with Crippen molar-refractivity contribution in [1.29, 1.82) is 0 Å². The van der Waals surface area contributed by atoms with Crippen molar-refractivity contribution in [2.45, 2.75) is 13.3 Å². The number of esters is 1. The zero-order valence-electron chi connectivity index (χ0n) is 8.81. The Balaban J connectivity index is 2.32. The van der Waals surface area contributed by atoms with E-state index in [1.807, 2.05) is 22.7 Å². The van der Waals surface area contributed by atoms with Crippen molar-refractivity contribution in [2.24, 2.45) is 0 Å². The first-order valence-corrected chi connectivity index (χ1v) is 5.77. The number of nitrogens with zero attached hydrogens (tertiary/aromatic N) is 2. The van der Waals surface area contributed by atoms with Gasteiger partial charge >= 0.3 is 5.97 Å². The number of hydrogen-bond donors (Lipinski definition) is 0. The molecule has 2 aromatic rings. The molecule has 0 radical (unpaired) electrons. The van der Waals surface area contributed by atoms with Gasteiger partial charge in [0.2, 0.25) is 0 Å². The van der Waals surface area contributed by atoms with Crippen LogP contribution in [0.2, 0.25) is 0 Å². The number of imidazole rings is 1. The predicted molar refractivity (Wildman–Crippen MR) is 63.2 cm³/mol. The molecule has 0 aliphatic rings. The fraction of sp³-hybridized carbons (Fsp3) is 0.273. The largest absolute Gasteiger partial charge is 0.466 e. The molecule has 0 aliphatic heterocycles. The number of ether oxygens (including phenoxy) is 1. The quantitative estimate of drug-likeness (QED) is 0.811. The van der Waals surface area contributed by atoms with Crippen LogP contribution in [0.15, 0.2) is 29.0 Å². The van der Waals surface area contributed by atoms with Crippen molar-refractivity contribution in [3.05, 3.63) is 34.7 Å². The molecule has 16 heavy (non-hydrogen) atoms. The third-order valence-electron chi connectivity index (χ3n) is 2.20. The zero-order valence-corrected chi connectivity index (χ0v) is 10.4. The van der Waals surface area contributed by atoms with E-state index in [0.717, 1.165) is 15.8 Å². The topological polar surface area (TPSA) is 43.6 Å². The average Bonchev–Trinajstić information content (AvgIpc) is 2.64. The van der Waals surface area contributed by atoms with Gasteiger partial charge < -0.3 is 9.14 Å². The summed E-state index contributed by atoms with van der Waals surface area (Å²) in [4.78, 5) is 15.6. The molecule has 0 bridgehead atoms. The molecule has 2 rings (SSSR count). The van der Waals surface area contributed by atoms with Gasteiger partial charge in [0.25, 0.3) is 0 Å². The van der Waals surface area contributed by atoms with E-state index in [1.54, 1.807) is 13.1 Å². The second kappa shape index (κ2) is 4.65. The summed E-state index contributed by atoms with van der Waals surface area (Å²) in [6, 6.07) is 3.81. The minimum absolute atomic E-state index is 0.232. The van der Waals surface area contributed by atoms with Crippen LogP contribution in [0.25, 0.3) is 5.65 Å². The maximum Gasteiger partial charge on any atom is 0.311 e. The molecule has 0 N–H and O–H groups in total. The van der Waals surface area contributed by atoms with Gasteiger partial charge in [0.1, 0.15) is 0 Å². The molecule has 0 aromatic carbocycles. The van der Waals surface area contributed by atoms with Crippen LogP contribution in [0.1, 0.15) is 12.6 Å². The second-order valence-electron chi connectivity index (χ2n) is 3.28. The summed E-state index contributed by atoms with van der Waals surface area (Å²) in [6.45, 7) is 2.20. The standard InChI is InChI=1S/C11H11BrN2O2/c1-2-16-10(15)6-8-7-13-11-9(12)4-3-5-14(8)11/h3-5,7H,2,6H2,1H3. The van der Waals surface area contributed by atoms with Crippen LogP contribution in [0, 0.1) is 0 Å². The van der Waals surface area contributed by atoms with Crippen molar-refractivity contribution >= 4 is 27.5 Å². The van der Waals surface area contributed by atoms with Crippen LogP contribution in [-0.2, 0) is 16.0 Å². The molecule has 0 spiro atoms. The van der Waals surface area contributed by atoms with Gasteiger partial charge in [-0.15, -0.1) is 0 Å². The lowest BCUT2D eigenvalue weighted by Crippen LogP contribution is -2.09. The molecule has 0 amide bonds. The van der Waals surface area contributed by atoms with Gasteiger partial charge in [-0.05, 0) is 35.0 Å². The van der Waals surface area contributed by atoms with Gasteiger partial charge in [-0.1, -0.05) is 0 Å². The van der Waals surface area contributed by atoms with Gasteiger partial charge in [-0.3, -0.25) is 4.79 Å². The first kappa shape index (κ1) is 11.1. The van der Waals surface area contributed by atoms with Crippen molar-refractivity contribution in [1.82, 2.24) is 9.38 Å². The minimum Gasteiger partial charge on any atom is -0.466 e. The molecule has 2 aromatic heterocycles. The van der Waals surface area contributed by atoms with E-state index in [4.69, 9.17) is 4.74 Å². The van der Waals surface area contributed by atoms with E-state index in [9.17, 15) is 4.79 Å². The monoisotopic (exact) mass is 282 g/mol. The Hall–Kier alpha value is -1.36. The number of fused-ring (bicyclic) bond motifs is 1. The summed E-state index contributed by atoms with van der Waals surface area (Å²) in [5, 5.41) is 0. The Bertz CT molecular complexity index is 522. The van der Waals surface area contributed by atoms with E-state index in [1.165, 1.54) is 0 Å². The maximum absolute atomic E-state index is 11.4. The summed E-state index contributed by atoms with van der Waals surface area (Å²) in [7, 11) is 0. The Morgan fingerprint density at radius 3 is 3.19 bits per heavy atom. The summed E-state index contributed by atoms with van der Waals surface area (Å²) < 4.78 is 7.69. The summed E-state index contributed by atoms with van der Waals surface area (Å²) in [5.74, 6) is -0.232. The highest BCUT2D eigenvalue weighted by Gasteiger charge is 2.10. The predicted octanol–water partition coefficient (Wildman–Crippen LogP) is 2.20. The van der Waals surface area contributed by atoms with Crippen LogP contribution in [0.5, 0.6) is 0 Å². The molecule has 84 valence electrons. The maximum atomic E-state index is 11.4. The molecule has 0 unspecified atom stereocenters. The zero-order chi connectivity index (χ0) is 11.5. The number of pyridine rings is 1. The number of carbonyl (C=O) groups excluding carboxylic acids is 1. The third kappa shape index (κ3) is 2.09. The number of halogens is 1. The van der Waals surface area contributed by atoms with Gasteiger partial charge in [0.15, 0.2) is 5.65 Å². The van der Waals surface area contributed by atoms with E-state index < -0.39 is 0 Å². The summed E-state index contributed by atoms with van der Waals surface area (Å²) in [6.07, 6.45) is 3.81. The van der Waals surface area contributed by atoms with Crippen LogP contribution in [0.4, 0.5) is 0 Å². The van der Waals surface area contributed by atoms with Crippen molar-refractivity contribution in [3.63, 3.8) is 0 Å². The molecule has 0 atom stereocenters. The second-order valence-corrected chi connectivity index (χ2v) is 4.14. The van der Waals surface area contributed by atoms with Crippen LogP contribution >= 0.6 is 15.9 Å². The minimum atomic E-state index is -0.232. The van der Waals surface area contributed by atoms with E-state index in [2.05, 4.69) is 20.9 Å². The molecule has 2 heterocycles. The highest BCUT2D eigenvalue weighted by atomic mass is 79.9. The summed E-state index contributed by atoms with van der Waals surface area (Å²) in [5.41, 5.74) is 1.64. The lowest BCUT2D eigenvalue weighted by atomic mass is 10.3. The Morgan fingerprint density at radius 1 is 1.62 bits per heavy atom. The highest BCUT2D eigenvalue weighted by molar-refractivity contribution is 9.10. The van der Waals surface area contributed by atoms with Crippen molar-refractivity contribution < 1.29 is 9.53 Å². The smallest absolute Gasteiger partial charge is 0.311 e. The molecule has 0 saturated heterocycles. The number of rotatable bonds is 3. The van der Waals surface area contributed by atoms with E-state index in [0.29, 0.717) is 6.61 Å². The van der Waals surface area contributed by atoms with Crippen LogP contribution < -0.4 is 0 Å². The number of aromatic nitrogens is 2. The van der Waals surface area contributed by atoms with Gasteiger partial charge in [0, 0.05) is 12.4 Å².